The van der Waals surface area contributed by atoms with Gasteiger partial charge in [-0.15, -0.1) is 0 Å². The van der Waals surface area contributed by atoms with Gasteiger partial charge in [0, 0.05) is 40.4 Å². The number of hydrogen-bond donors (Lipinski definition) is 0. The first-order chi connectivity index (χ1) is 23.6. The van der Waals surface area contributed by atoms with Crippen molar-refractivity contribution < 1.29 is 4.74 Å². The van der Waals surface area contributed by atoms with Gasteiger partial charge in [0.05, 0.1) is 22.4 Å². The highest BCUT2D eigenvalue weighted by Crippen LogP contribution is 2.38. The molecule has 49 heavy (non-hydrogen) atoms. The zero-order valence-corrected chi connectivity index (χ0v) is 30.1. The van der Waals surface area contributed by atoms with Crippen LogP contribution in [0.15, 0.2) is 91.1 Å². The first-order valence-electron chi connectivity index (χ1n) is 17.6. The van der Waals surface area contributed by atoms with Gasteiger partial charge >= 0.3 is 0 Å². The third-order valence-electron chi connectivity index (χ3n) is 9.78. The molecule has 248 valence electrons. The van der Waals surface area contributed by atoms with Crippen molar-refractivity contribution in [3.8, 4) is 34.1 Å². The number of para-hydroxylation sites is 1. The van der Waals surface area contributed by atoms with Crippen LogP contribution in [0.5, 0.6) is 11.5 Å². The van der Waals surface area contributed by atoms with Crippen molar-refractivity contribution in [3.63, 3.8) is 0 Å². The van der Waals surface area contributed by atoms with E-state index in [0.29, 0.717) is 5.92 Å². The molecule has 0 aliphatic rings. The molecule has 0 spiro atoms. The van der Waals surface area contributed by atoms with Crippen molar-refractivity contribution in [1.82, 2.24) is 19.3 Å². The predicted octanol–water partition coefficient (Wildman–Crippen LogP) is 11.8. The van der Waals surface area contributed by atoms with Crippen LogP contribution in [0.3, 0.4) is 0 Å². The largest absolute Gasteiger partial charge is 0.457 e. The van der Waals surface area contributed by atoms with Crippen LogP contribution < -0.4 is 4.74 Å². The summed E-state index contributed by atoms with van der Waals surface area (Å²) in [5, 5.41) is 7.48. The number of pyridine rings is 1. The zero-order valence-electron chi connectivity index (χ0n) is 30.1. The first-order valence-corrected chi connectivity index (χ1v) is 17.6. The summed E-state index contributed by atoms with van der Waals surface area (Å²) in [6, 6.07) is 30.4. The van der Waals surface area contributed by atoms with Crippen molar-refractivity contribution in [2.45, 2.75) is 80.6 Å². The zero-order chi connectivity index (χ0) is 34.4. The van der Waals surface area contributed by atoms with Gasteiger partial charge in [0.15, 0.2) is 0 Å². The molecular formula is C44H46N4O. The van der Waals surface area contributed by atoms with Gasteiger partial charge in [-0.1, -0.05) is 63.1 Å². The predicted molar refractivity (Wildman–Crippen MR) is 204 cm³/mol. The second-order valence-electron chi connectivity index (χ2n) is 13.9. The molecule has 0 aliphatic heterocycles. The molecule has 0 aliphatic carbocycles. The first kappa shape index (κ1) is 32.4. The Hall–Kier alpha value is -5.16. The van der Waals surface area contributed by atoms with E-state index in [-0.39, 0.29) is 0 Å². The Morgan fingerprint density at radius 1 is 0.735 bits per heavy atom. The summed E-state index contributed by atoms with van der Waals surface area (Å²) in [4.78, 5) is 4.85. The highest BCUT2D eigenvalue weighted by molar-refractivity contribution is 6.09. The molecule has 0 saturated carbocycles. The fourth-order valence-electron chi connectivity index (χ4n) is 7.47. The summed E-state index contributed by atoms with van der Waals surface area (Å²) in [5.41, 5.74) is 14.2. The molecule has 3 heterocycles. The summed E-state index contributed by atoms with van der Waals surface area (Å²) in [7, 11) is 0. The molecule has 3 aromatic heterocycles. The maximum absolute atomic E-state index is 6.74. The Morgan fingerprint density at radius 2 is 1.49 bits per heavy atom. The van der Waals surface area contributed by atoms with Gasteiger partial charge < -0.3 is 4.74 Å². The van der Waals surface area contributed by atoms with Crippen LogP contribution in [-0.2, 0) is 6.42 Å². The van der Waals surface area contributed by atoms with Crippen LogP contribution in [0, 0.1) is 34.6 Å². The molecule has 0 atom stereocenters. The summed E-state index contributed by atoms with van der Waals surface area (Å²) in [6.07, 6.45) is 5.32. The molecular weight excluding hydrogens is 601 g/mol. The molecule has 7 rings (SSSR count). The molecule has 0 saturated heterocycles. The number of aromatic nitrogens is 4. The third kappa shape index (κ3) is 6.03. The molecule has 4 aromatic carbocycles. The molecule has 0 fully saturated rings. The van der Waals surface area contributed by atoms with Crippen molar-refractivity contribution >= 4 is 21.8 Å². The number of unbranched alkanes of at least 4 members (excludes halogenated alkanes) is 1. The number of aryl methyl sites for hydroxylation is 5. The standard InChI is InChI=1S/C44H46N4O/c1-9-10-13-33-18-19-45-42(22-33)47-40-15-12-11-14-38(40)39-17-16-36(26-41(39)47)49-37-24-34(27(2)3)23-35(25-37)48-32(8)44(31(7)46-48)43-29(5)20-28(4)21-30(43)6/h11-12,14-27H,9-10,13H2,1-8H3. The Morgan fingerprint density at radius 3 is 2.24 bits per heavy atom. The number of nitrogens with zero attached hydrogens (tertiary/aromatic N) is 4. The van der Waals surface area contributed by atoms with Gasteiger partial charge in [-0.2, -0.15) is 5.10 Å². The molecule has 5 heteroatoms. The lowest BCUT2D eigenvalue weighted by molar-refractivity contribution is 0.481. The van der Waals surface area contributed by atoms with E-state index in [4.69, 9.17) is 14.8 Å². The van der Waals surface area contributed by atoms with E-state index >= 15 is 0 Å². The van der Waals surface area contributed by atoms with E-state index in [2.05, 4.69) is 150 Å². The molecule has 0 N–H and O–H groups in total. The highest BCUT2D eigenvalue weighted by Gasteiger charge is 2.20. The Kier molecular flexibility index (Phi) is 8.62. The number of rotatable bonds is 9. The van der Waals surface area contributed by atoms with Crippen LogP contribution in [0.1, 0.15) is 78.7 Å². The average molecular weight is 647 g/mol. The van der Waals surface area contributed by atoms with Gasteiger partial charge in [-0.25, -0.2) is 9.67 Å². The Balaban J connectivity index is 1.32. The number of fused-ring (bicyclic) bond motifs is 3. The van der Waals surface area contributed by atoms with E-state index in [1.807, 2.05) is 6.20 Å². The summed E-state index contributed by atoms with van der Waals surface area (Å²) >= 11 is 0. The second-order valence-corrected chi connectivity index (χ2v) is 13.9. The topological polar surface area (TPSA) is 44.9 Å². The summed E-state index contributed by atoms with van der Waals surface area (Å²) in [6.45, 7) is 17.5. The molecule has 5 nitrogen and oxygen atoms in total. The normalized spacial score (nSPS) is 11.7. The fraction of sp³-hybridized carbons (Fsp3) is 0.273. The fourth-order valence-corrected chi connectivity index (χ4v) is 7.47. The van der Waals surface area contributed by atoms with E-state index in [1.165, 1.54) is 56.1 Å². The van der Waals surface area contributed by atoms with Gasteiger partial charge in [0.2, 0.25) is 0 Å². The number of benzene rings is 4. The molecule has 0 bridgehead atoms. The minimum atomic E-state index is 0.316. The van der Waals surface area contributed by atoms with E-state index in [0.717, 1.165) is 58.3 Å². The number of ether oxygens (including phenoxy) is 1. The van der Waals surface area contributed by atoms with Crippen LogP contribution in [0.25, 0.3) is 44.4 Å². The molecule has 0 radical (unpaired) electrons. The quantitative estimate of drug-likeness (QED) is 0.157. The Bertz CT molecular complexity index is 2310. The van der Waals surface area contributed by atoms with Gasteiger partial charge in [-0.3, -0.25) is 4.57 Å². The van der Waals surface area contributed by atoms with Crippen molar-refractivity contribution in [3.05, 3.63) is 130 Å². The van der Waals surface area contributed by atoms with Crippen LogP contribution in [0.2, 0.25) is 0 Å². The van der Waals surface area contributed by atoms with Crippen molar-refractivity contribution in [2.75, 3.05) is 0 Å². The highest BCUT2D eigenvalue weighted by atomic mass is 16.5. The lowest BCUT2D eigenvalue weighted by atomic mass is 9.92. The lowest BCUT2D eigenvalue weighted by Crippen LogP contribution is -2.02. The SMILES string of the molecule is CCCCc1ccnc(-n2c3ccccc3c3ccc(Oc4cc(C(C)C)cc(-n5nc(C)c(-c6c(C)cc(C)cc6C)c5C)c4)cc32)c1. The monoisotopic (exact) mass is 646 g/mol. The maximum atomic E-state index is 6.74. The van der Waals surface area contributed by atoms with E-state index < -0.39 is 0 Å². The molecule has 0 unspecified atom stereocenters. The van der Waals surface area contributed by atoms with Crippen molar-refractivity contribution in [1.29, 1.82) is 0 Å². The number of hydrogen-bond acceptors (Lipinski definition) is 3. The van der Waals surface area contributed by atoms with Gasteiger partial charge in [-0.05, 0) is 124 Å². The van der Waals surface area contributed by atoms with Crippen molar-refractivity contribution in [2.24, 2.45) is 0 Å². The van der Waals surface area contributed by atoms with Crippen LogP contribution in [0.4, 0.5) is 0 Å². The third-order valence-corrected chi connectivity index (χ3v) is 9.78. The van der Waals surface area contributed by atoms with Gasteiger partial charge in [0.25, 0.3) is 0 Å². The van der Waals surface area contributed by atoms with E-state index in [9.17, 15) is 0 Å². The minimum Gasteiger partial charge on any atom is -0.457 e. The van der Waals surface area contributed by atoms with Crippen LogP contribution in [-0.4, -0.2) is 19.3 Å². The Labute approximate surface area is 290 Å². The maximum Gasteiger partial charge on any atom is 0.137 e. The molecule has 0 amide bonds. The minimum absolute atomic E-state index is 0.316. The summed E-state index contributed by atoms with van der Waals surface area (Å²) in [5.74, 6) is 2.82. The van der Waals surface area contributed by atoms with Crippen LogP contribution >= 0.6 is 0 Å². The molecule has 7 aromatic rings. The lowest BCUT2D eigenvalue weighted by Gasteiger charge is -2.15. The average Bonchev–Trinajstić information content (AvgIpc) is 3.56. The van der Waals surface area contributed by atoms with E-state index in [1.54, 1.807) is 0 Å². The smallest absolute Gasteiger partial charge is 0.137 e. The second kappa shape index (κ2) is 13.0. The van der Waals surface area contributed by atoms with Gasteiger partial charge in [0.1, 0.15) is 17.3 Å². The summed E-state index contributed by atoms with van der Waals surface area (Å²) < 4.78 is 11.1.